The Morgan fingerprint density at radius 3 is 2.69 bits per heavy atom. The number of hydrogen-bond acceptors (Lipinski definition) is 5. The van der Waals surface area contributed by atoms with Gasteiger partial charge < -0.3 is 19.6 Å². The molecule has 1 atom stereocenters. The number of nitrogens with one attached hydrogen (secondary N) is 1. The first kappa shape index (κ1) is 22.7. The number of aryl methyl sites for hydroxylation is 1. The van der Waals surface area contributed by atoms with Gasteiger partial charge in [0, 0.05) is 65.8 Å². The number of aliphatic hydroxyl groups is 1. The lowest BCUT2D eigenvalue weighted by molar-refractivity contribution is 0.102. The molecule has 8 nitrogen and oxygen atoms in total. The number of rotatable bonds is 7. The summed E-state index contributed by atoms with van der Waals surface area (Å²) in [4.78, 5) is 34.9. The molecule has 2 N–H and O–H groups in total. The molecule has 3 aromatic heterocycles. The third-order valence-corrected chi connectivity index (χ3v) is 6.33. The van der Waals surface area contributed by atoms with Crippen molar-refractivity contribution < 1.29 is 9.90 Å². The third kappa shape index (κ3) is 4.65. The highest BCUT2D eigenvalue weighted by Crippen LogP contribution is 2.39. The van der Waals surface area contributed by atoms with Gasteiger partial charge in [-0.1, -0.05) is 18.2 Å². The van der Waals surface area contributed by atoms with Crippen LogP contribution in [0.5, 0.6) is 0 Å². The Bertz CT molecular complexity index is 1430. The summed E-state index contributed by atoms with van der Waals surface area (Å²) >= 11 is 0. The van der Waals surface area contributed by atoms with E-state index in [1.165, 1.54) is 17.4 Å². The first-order chi connectivity index (χ1) is 16.9. The minimum atomic E-state index is -0.487. The predicted octanol–water partition coefficient (Wildman–Crippen LogP) is 3.99. The molecule has 1 fully saturated rings. The number of benzene rings is 1. The lowest BCUT2D eigenvalue weighted by atomic mass is 10.1. The van der Waals surface area contributed by atoms with E-state index in [1.807, 2.05) is 42.0 Å². The van der Waals surface area contributed by atoms with Crippen LogP contribution in [0, 0.1) is 0 Å². The standard InChI is InChI=1S/C27H27N5O3/c1-17(16-33)32-11-10-28-25(32)19-4-3-5-22(12-19)30-26(34)23-13-21(15-31(2)27(23)35)20-8-9-24(29-14-20)18-6-7-18/h3-5,8-15,17-18,33H,6-7,16H2,1-2H3,(H,30,34)/t17-/m1/s1. The van der Waals surface area contributed by atoms with Crippen LogP contribution >= 0.6 is 0 Å². The number of aliphatic hydroxyl groups excluding tert-OH is 1. The monoisotopic (exact) mass is 469 g/mol. The fourth-order valence-corrected chi connectivity index (χ4v) is 4.14. The van der Waals surface area contributed by atoms with Crippen molar-refractivity contribution in [3.8, 4) is 22.5 Å². The maximum atomic E-state index is 13.1. The van der Waals surface area contributed by atoms with E-state index in [4.69, 9.17) is 0 Å². The summed E-state index contributed by atoms with van der Waals surface area (Å²) in [6.45, 7) is 1.88. The molecule has 178 valence electrons. The van der Waals surface area contributed by atoms with Crippen molar-refractivity contribution in [1.29, 1.82) is 0 Å². The smallest absolute Gasteiger partial charge is 0.263 e. The predicted molar refractivity (Wildman–Crippen MR) is 134 cm³/mol. The molecule has 5 rings (SSSR count). The highest BCUT2D eigenvalue weighted by Gasteiger charge is 2.24. The van der Waals surface area contributed by atoms with Gasteiger partial charge in [0.1, 0.15) is 11.4 Å². The number of pyridine rings is 2. The van der Waals surface area contributed by atoms with Crippen LogP contribution in [0.25, 0.3) is 22.5 Å². The van der Waals surface area contributed by atoms with Crippen molar-refractivity contribution in [3.63, 3.8) is 0 Å². The number of amides is 1. The van der Waals surface area contributed by atoms with Crippen molar-refractivity contribution in [2.75, 3.05) is 11.9 Å². The molecule has 3 heterocycles. The van der Waals surface area contributed by atoms with E-state index in [0.29, 0.717) is 17.4 Å². The van der Waals surface area contributed by atoms with Crippen LogP contribution in [0.15, 0.2) is 72.0 Å². The van der Waals surface area contributed by atoms with E-state index in [-0.39, 0.29) is 23.8 Å². The number of carbonyl (C=O) groups excluding carboxylic acids is 1. The van der Waals surface area contributed by atoms with Crippen LogP contribution in [0.3, 0.4) is 0 Å². The molecular formula is C27H27N5O3. The summed E-state index contributed by atoms with van der Waals surface area (Å²) in [5.41, 5.74) is 3.70. The summed E-state index contributed by atoms with van der Waals surface area (Å²) in [5.74, 6) is 0.758. The number of imidazole rings is 1. The van der Waals surface area contributed by atoms with Crippen LogP contribution < -0.4 is 10.9 Å². The fraction of sp³-hybridized carbons (Fsp3) is 0.259. The van der Waals surface area contributed by atoms with Gasteiger partial charge in [-0.05, 0) is 44.0 Å². The summed E-state index contributed by atoms with van der Waals surface area (Å²) in [6.07, 6.45) is 9.36. The summed E-state index contributed by atoms with van der Waals surface area (Å²) < 4.78 is 3.30. The Labute approximate surface area is 202 Å². The largest absolute Gasteiger partial charge is 0.394 e. The summed E-state index contributed by atoms with van der Waals surface area (Å²) in [7, 11) is 1.64. The van der Waals surface area contributed by atoms with E-state index < -0.39 is 5.91 Å². The molecule has 1 aliphatic rings. The highest BCUT2D eigenvalue weighted by atomic mass is 16.3. The van der Waals surface area contributed by atoms with Gasteiger partial charge in [-0.25, -0.2) is 4.98 Å². The third-order valence-electron chi connectivity index (χ3n) is 6.33. The molecule has 0 saturated heterocycles. The lowest BCUT2D eigenvalue weighted by Gasteiger charge is -2.14. The lowest BCUT2D eigenvalue weighted by Crippen LogP contribution is -2.27. The zero-order valence-electron chi connectivity index (χ0n) is 19.7. The maximum absolute atomic E-state index is 13.1. The van der Waals surface area contributed by atoms with Gasteiger partial charge >= 0.3 is 0 Å². The first-order valence-corrected chi connectivity index (χ1v) is 11.7. The Morgan fingerprint density at radius 1 is 1.14 bits per heavy atom. The molecule has 0 spiro atoms. The van der Waals surface area contributed by atoms with Crippen LogP contribution in [-0.2, 0) is 7.05 Å². The maximum Gasteiger partial charge on any atom is 0.263 e. The molecule has 8 heteroatoms. The number of nitrogens with zero attached hydrogens (tertiary/aromatic N) is 4. The highest BCUT2D eigenvalue weighted by molar-refractivity contribution is 6.04. The first-order valence-electron chi connectivity index (χ1n) is 11.7. The van der Waals surface area contributed by atoms with Crippen molar-refractivity contribution in [3.05, 3.63) is 88.9 Å². The summed E-state index contributed by atoms with van der Waals surface area (Å²) in [6, 6.07) is 12.8. The van der Waals surface area contributed by atoms with Gasteiger partial charge in [0.15, 0.2) is 0 Å². The molecule has 0 aliphatic heterocycles. The zero-order chi connectivity index (χ0) is 24.5. The van der Waals surface area contributed by atoms with Crippen LogP contribution in [0.2, 0.25) is 0 Å². The number of anilines is 1. The minimum Gasteiger partial charge on any atom is -0.394 e. The molecule has 1 aliphatic carbocycles. The Kier molecular flexibility index (Phi) is 6.05. The Morgan fingerprint density at radius 2 is 1.97 bits per heavy atom. The van der Waals surface area contributed by atoms with Gasteiger partial charge in [-0.2, -0.15) is 0 Å². The average Bonchev–Trinajstić information content (AvgIpc) is 3.61. The molecule has 4 aromatic rings. The minimum absolute atomic E-state index is 0.0156. The molecule has 1 amide bonds. The molecule has 0 unspecified atom stereocenters. The second-order valence-corrected chi connectivity index (χ2v) is 9.03. The molecule has 35 heavy (non-hydrogen) atoms. The zero-order valence-corrected chi connectivity index (χ0v) is 19.7. The van der Waals surface area contributed by atoms with Crippen molar-refractivity contribution in [2.24, 2.45) is 7.05 Å². The quantitative estimate of drug-likeness (QED) is 0.426. The second-order valence-electron chi connectivity index (χ2n) is 9.03. The van der Waals surface area contributed by atoms with Crippen molar-refractivity contribution in [2.45, 2.75) is 31.7 Å². The van der Waals surface area contributed by atoms with E-state index in [1.54, 1.807) is 43.8 Å². The van der Waals surface area contributed by atoms with E-state index in [9.17, 15) is 14.7 Å². The van der Waals surface area contributed by atoms with Crippen LogP contribution in [-0.4, -0.2) is 36.7 Å². The van der Waals surface area contributed by atoms with Gasteiger partial charge in [0.05, 0.1) is 12.6 Å². The van der Waals surface area contributed by atoms with E-state index in [2.05, 4.69) is 15.3 Å². The van der Waals surface area contributed by atoms with Crippen molar-refractivity contribution >= 4 is 11.6 Å². The molecule has 0 radical (unpaired) electrons. The van der Waals surface area contributed by atoms with Crippen molar-refractivity contribution in [1.82, 2.24) is 19.1 Å². The average molecular weight is 470 g/mol. The van der Waals surface area contributed by atoms with Crippen LogP contribution in [0.1, 0.15) is 47.8 Å². The normalized spacial score (nSPS) is 14.0. The number of carbonyl (C=O) groups is 1. The SMILES string of the molecule is C[C@H](CO)n1ccnc1-c1cccc(NC(=O)c2cc(-c3ccc(C4CC4)nc3)cn(C)c2=O)c1. The van der Waals surface area contributed by atoms with Gasteiger partial charge in [0.25, 0.3) is 11.5 Å². The van der Waals surface area contributed by atoms with E-state index >= 15 is 0 Å². The number of hydrogen-bond donors (Lipinski definition) is 2. The Hall–Kier alpha value is -4.04. The molecule has 1 saturated carbocycles. The second kappa shape index (κ2) is 9.31. The Balaban J connectivity index is 1.42. The number of aromatic nitrogens is 4. The molecule has 1 aromatic carbocycles. The van der Waals surface area contributed by atoms with E-state index in [0.717, 1.165) is 22.4 Å². The van der Waals surface area contributed by atoms with Gasteiger partial charge in [-0.15, -0.1) is 0 Å². The molecular weight excluding hydrogens is 442 g/mol. The topological polar surface area (TPSA) is 102 Å². The van der Waals surface area contributed by atoms with Gasteiger partial charge in [0.2, 0.25) is 0 Å². The summed E-state index contributed by atoms with van der Waals surface area (Å²) in [5, 5.41) is 12.4. The van der Waals surface area contributed by atoms with Crippen LogP contribution in [0.4, 0.5) is 5.69 Å². The molecule has 0 bridgehead atoms. The van der Waals surface area contributed by atoms with Gasteiger partial charge in [-0.3, -0.25) is 14.6 Å². The fourth-order valence-electron chi connectivity index (χ4n) is 4.14.